The number of aromatic nitrogens is 3. The van der Waals surface area contributed by atoms with E-state index in [-0.39, 0.29) is 16.6 Å². The Balaban J connectivity index is 1.58. The monoisotopic (exact) mass is 619 g/mol. The van der Waals surface area contributed by atoms with Gasteiger partial charge in [-0.15, -0.1) is 11.3 Å². The molecule has 13 heteroatoms. The molecule has 1 aliphatic rings. The predicted octanol–water partition coefficient (Wildman–Crippen LogP) is 6.96. The van der Waals surface area contributed by atoms with Gasteiger partial charge in [0.1, 0.15) is 11.6 Å². The number of thiazole rings is 1. The summed E-state index contributed by atoms with van der Waals surface area (Å²) < 4.78 is 62.4. The molecule has 2 aromatic carbocycles. The van der Waals surface area contributed by atoms with Crippen LogP contribution in [-0.4, -0.2) is 43.1 Å². The van der Waals surface area contributed by atoms with Gasteiger partial charge in [0, 0.05) is 37.4 Å². The summed E-state index contributed by atoms with van der Waals surface area (Å²) in [6.07, 6.45) is 3.30. The van der Waals surface area contributed by atoms with E-state index in [1.165, 1.54) is 17.4 Å². The third-order valence-corrected chi connectivity index (χ3v) is 9.52. The van der Waals surface area contributed by atoms with Crippen molar-refractivity contribution in [3.05, 3.63) is 70.3 Å². The molecular weight excluding hydrogens is 592 g/mol. The van der Waals surface area contributed by atoms with Gasteiger partial charge in [0.15, 0.2) is 4.90 Å². The number of hydrogen-bond acceptors (Lipinski definition) is 8. The minimum Gasteiger partial charge on any atom is -0.381 e. The zero-order chi connectivity index (χ0) is 29.1. The van der Waals surface area contributed by atoms with Crippen molar-refractivity contribution in [2.45, 2.75) is 37.5 Å². The first kappa shape index (κ1) is 29.3. The molecule has 1 aliphatic heterocycles. The summed E-state index contributed by atoms with van der Waals surface area (Å²) in [4.78, 5) is 13.7. The summed E-state index contributed by atoms with van der Waals surface area (Å²) in [7, 11) is -4.63. The number of nitrogens with zero attached hydrogens (tertiary/aromatic N) is 3. The highest BCUT2D eigenvalue weighted by Crippen LogP contribution is 2.44. The maximum Gasteiger partial charge on any atom is 0.267 e. The van der Waals surface area contributed by atoms with Gasteiger partial charge >= 0.3 is 0 Å². The van der Waals surface area contributed by atoms with E-state index in [0.717, 1.165) is 40.9 Å². The fourth-order valence-electron chi connectivity index (χ4n) is 4.41. The molecule has 0 radical (unpaired) electrons. The lowest BCUT2D eigenvalue weighted by molar-refractivity contribution is 0.0853. The SMILES string of the molecule is CC(C)CNc1nccc(-c2sc(C3CCOCC3)nc2-c2cccc(NS(=O)(=O)c3c(F)cccc3F)c2Cl)n1. The fraction of sp³-hybridized carbons (Fsp3) is 0.321. The van der Waals surface area contributed by atoms with Crippen LogP contribution in [0.2, 0.25) is 5.02 Å². The number of ether oxygens (including phenoxy) is 1. The van der Waals surface area contributed by atoms with Crippen LogP contribution in [0, 0.1) is 17.6 Å². The number of rotatable bonds is 9. The summed E-state index contributed by atoms with van der Waals surface area (Å²) in [5.41, 5.74) is 1.56. The second-order valence-corrected chi connectivity index (χ2v) is 13.0. The maximum absolute atomic E-state index is 14.3. The highest BCUT2D eigenvalue weighted by atomic mass is 35.5. The molecule has 8 nitrogen and oxygen atoms in total. The second-order valence-electron chi connectivity index (χ2n) is 9.98. The summed E-state index contributed by atoms with van der Waals surface area (Å²) in [6.45, 7) is 6.14. The van der Waals surface area contributed by atoms with E-state index >= 15 is 0 Å². The highest BCUT2D eigenvalue weighted by Gasteiger charge is 2.28. The lowest BCUT2D eigenvalue weighted by atomic mass is 10.0. The fourth-order valence-corrected chi connectivity index (χ4v) is 7.16. The third-order valence-electron chi connectivity index (χ3n) is 6.46. The minimum atomic E-state index is -4.63. The van der Waals surface area contributed by atoms with Gasteiger partial charge in [0.25, 0.3) is 10.0 Å². The van der Waals surface area contributed by atoms with Crippen LogP contribution < -0.4 is 10.0 Å². The average Bonchev–Trinajstić information content (AvgIpc) is 3.39. The minimum absolute atomic E-state index is 0.0325. The van der Waals surface area contributed by atoms with Crippen molar-refractivity contribution < 1.29 is 21.9 Å². The molecule has 0 spiro atoms. The van der Waals surface area contributed by atoms with Gasteiger partial charge in [-0.05, 0) is 43.0 Å². The molecule has 41 heavy (non-hydrogen) atoms. The van der Waals surface area contributed by atoms with Crippen LogP contribution in [-0.2, 0) is 14.8 Å². The van der Waals surface area contributed by atoms with E-state index in [1.54, 1.807) is 24.4 Å². The molecule has 0 atom stereocenters. The Morgan fingerprint density at radius 3 is 2.49 bits per heavy atom. The highest BCUT2D eigenvalue weighted by molar-refractivity contribution is 7.92. The van der Waals surface area contributed by atoms with Crippen molar-refractivity contribution >= 4 is 44.6 Å². The van der Waals surface area contributed by atoms with Crippen molar-refractivity contribution in [3.8, 4) is 21.8 Å². The van der Waals surface area contributed by atoms with E-state index in [1.807, 2.05) is 0 Å². The molecule has 0 saturated carbocycles. The molecule has 1 saturated heterocycles. The largest absolute Gasteiger partial charge is 0.381 e. The molecule has 0 bridgehead atoms. The number of sulfonamides is 1. The smallest absolute Gasteiger partial charge is 0.267 e. The van der Waals surface area contributed by atoms with Crippen molar-refractivity contribution in [3.63, 3.8) is 0 Å². The number of halogens is 3. The average molecular weight is 620 g/mol. The van der Waals surface area contributed by atoms with Gasteiger partial charge in [-0.2, -0.15) is 0 Å². The topological polar surface area (TPSA) is 106 Å². The molecule has 5 rings (SSSR count). The van der Waals surface area contributed by atoms with Crippen LogP contribution in [0.5, 0.6) is 0 Å². The summed E-state index contributed by atoms with van der Waals surface area (Å²) in [6, 6.07) is 9.37. The Morgan fingerprint density at radius 2 is 1.78 bits per heavy atom. The quantitative estimate of drug-likeness (QED) is 0.209. The van der Waals surface area contributed by atoms with Crippen molar-refractivity contribution in [2.24, 2.45) is 5.92 Å². The van der Waals surface area contributed by atoms with Crippen LogP contribution in [0.1, 0.15) is 37.6 Å². The Labute approximate surface area is 246 Å². The molecule has 2 N–H and O–H groups in total. The third kappa shape index (κ3) is 6.50. The van der Waals surface area contributed by atoms with Gasteiger partial charge in [-0.1, -0.05) is 43.6 Å². The molecule has 2 aromatic heterocycles. The van der Waals surface area contributed by atoms with E-state index in [0.29, 0.717) is 48.6 Å². The van der Waals surface area contributed by atoms with Crippen LogP contribution in [0.3, 0.4) is 0 Å². The number of hydrogen-bond donors (Lipinski definition) is 2. The van der Waals surface area contributed by atoms with Crippen LogP contribution in [0.15, 0.2) is 53.6 Å². The van der Waals surface area contributed by atoms with Crippen molar-refractivity contribution in [1.29, 1.82) is 0 Å². The molecule has 1 fully saturated rings. The molecular formula is C28H28ClF2N5O3S2. The van der Waals surface area contributed by atoms with Gasteiger partial charge in [-0.25, -0.2) is 32.2 Å². The van der Waals surface area contributed by atoms with E-state index in [4.69, 9.17) is 26.3 Å². The first-order valence-corrected chi connectivity index (χ1v) is 15.7. The Morgan fingerprint density at radius 1 is 1.07 bits per heavy atom. The van der Waals surface area contributed by atoms with Gasteiger partial charge in [0.05, 0.1) is 32.0 Å². The van der Waals surface area contributed by atoms with E-state index in [2.05, 4.69) is 28.9 Å². The number of benzene rings is 2. The Bertz CT molecular complexity index is 1640. The normalized spacial score (nSPS) is 14.4. The first-order chi connectivity index (χ1) is 19.6. The standard InChI is InChI=1S/C28H28ClF2N5O3S2/c1-16(2)15-33-28-32-12-9-22(34-28)25-24(35-27(40-25)17-10-13-39-14-11-17)18-5-3-8-21(23(18)29)36-41(37,38)26-19(30)6-4-7-20(26)31/h3-9,12,16-17,36H,10-11,13-15H2,1-2H3,(H,32,33,34). The van der Waals surface area contributed by atoms with Crippen LogP contribution in [0.25, 0.3) is 21.8 Å². The summed E-state index contributed by atoms with van der Waals surface area (Å²) in [5, 5.41) is 4.16. The molecule has 3 heterocycles. The van der Waals surface area contributed by atoms with Crippen LogP contribution in [0.4, 0.5) is 20.4 Å². The summed E-state index contributed by atoms with van der Waals surface area (Å²) >= 11 is 8.27. The second kappa shape index (κ2) is 12.4. The first-order valence-electron chi connectivity index (χ1n) is 13.1. The van der Waals surface area contributed by atoms with Crippen molar-refractivity contribution in [2.75, 3.05) is 29.8 Å². The molecule has 0 amide bonds. The zero-order valence-corrected chi connectivity index (χ0v) is 24.7. The lowest BCUT2D eigenvalue weighted by Crippen LogP contribution is -2.16. The predicted molar refractivity (Wildman–Crippen MR) is 157 cm³/mol. The van der Waals surface area contributed by atoms with E-state index < -0.39 is 26.6 Å². The molecule has 216 valence electrons. The van der Waals surface area contributed by atoms with Gasteiger partial charge < -0.3 is 10.1 Å². The zero-order valence-electron chi connectivity index (χ0n) is 22.3. The van der Waals surface area contributed by atoms with Crippen molar-refractivity contribution in [1.82, 2.24) is 15.0 Å². The lowest BCUT2D eigenvalue weighted by Gasteiger charge is -2.19. The number of nitrogens with one attached hydrogen (secondary N) is 2. The maximum atomic E-state index is 14.3. The van der Waals surface area contributed by atoms with Gasteiger partial charge in [0.2, 0.25) is 5.95 Å². The van der Waals surface area contributed by atoms with Crippen LogP contribution >= 0.6 is 22.9 Å². The summed E-state index contributed by atoms with van der Waals surface area (Å²) in [5.74, 6) is -1.37. The number of anilines is 2. The van der Waals surface area contributed by atoms with Gasteiger partial charge in [-0.3, -0.25) is 4.72 Å². The molecule has 0 aliphatic carbocycles. The molecule has 4 aromatic rings. The Kier molecular flexibility index (Phi) is 8.83. The Hall–Kier alpha value is -3.19. The van der Waals surface area contributed by atoms with E-state index in [9.17, 15) is 17.2 Å². The molecule has 0 unspecified atom stereocenters.